The fraction of sp³-hybridized carbons (Fsp3) is 0.412. The number of ketones is 1. The molecule has 3 heterocycles. The number of aromatic nitrogens is 1. The van der Waals surface area contributed by atoms with Gasteiger partial charge in [-0.1, -0.05) is 18.2 Å². The summed E-state index contributed by atoms with van der Waals surface area (Å²) in [5, 5.41) is 2.49. The molecule has 0 spiro atoms. The first-order valence-electron chi connectivity index (χ1n) is 7.34. The van der Waals surface area contributed by atoms with Gasteiger partial charge in [-0.05, 0) is 37.8 Å². The molecule has 102 valence electrons. The number of benzene rings is 1. The SMILES string of the molecule is O=C(c1cccc2cccnc12)C1CC2CCC(C1)S2. The molecule has 2 saturated heterocycles. The Labute approximate surface area is 123 Å². The van der Waals surface area contributed by atoms with Crippen LogP contribution in [-0.2, 0) is 0 Å². The predicted octanol–water partition coefficient (Wildman–Crippen LogP) is 4.09. The third-order valence-corrected chi connectivity index (χ3v) is 6.19. The normalized spacial score (nSPS) is 28.7. The first-order chi connectivity index (χ1) is 9.81. The first kappa shape index (κ1) is 12.4. The van der Waals surface area contributed by atoms with Crippen molar-refractivity contribution in [3.63, 3.8) is 0 Å². The van der Waals surface area contributed by atoms with E-state index in [1.165, 1.54) is 12.8 Å². The van der Waals surface area contributed by atoms with Crippen molar-refractivity contribution in [2.24, 2.45) is 5.92 Å². The topological polar surface area (TPSA) is 30.0 Å². The summed E-state index contributed by atoms with van der Waals surface area (Å²) in [7, 11) is 0. The Balaban J connectivity index is 1.70. The molecule has 1 aromatic heterocycles. The second kappa shape index (κ2) is 4.88. The second-order valence-electron chi connectivity index (χ2n) is 5.87. The van der Waals surface area contributed by atoms with E-state index in [-0.39, 0.29) is 5.92 Å². The average molecular weight is 283 g/mol. The van der Waals surface area contributed by atoms with E-state index in [0.29, 0.717) is 16.3 Å². The van der Waals surface area contributed by atoms with Crippen molar-refractivity contribution in [1.82, 2.24) is 4.98 Å². The summed E-state index contributed by atoms with van der Waals surface area (Å²) in [6.45, 7) is 0. The molecule has 2 nitrogen and oxygen atoms in total. The molecular formula is C17H17NOS. The molecule has 2 aliphatic rings. The van der Waals surface area contributed by atoms with E-state index in [9.17, 15) is 4.79 Å². The van der Waals surface area contributed by atoms with E-state index in [1.807, 2.05) is 30.3 Å². The van der Waals surface area contributed by atoms with Crippen molar-refractivity contribution < 1.29 is 4.79 Å². The Morgan fingerprint density at radius 3 is 2.65 bits per heavy atom. The van der Waals surface area contributed by atoms with Gasteiger partial charge in [0.15, 0.2) is 5.78 Å². The third-order valence-electron chi connectivity index (χ3n) is 4.56. The van der Waals surface area contributed by atoms with E-state index in [4.69, 9.17) is 0 Å². The highest BCUT2D eigenvalue weighted by atomic mass is 32.2. The van der Waals surface area contributed by atoms with Crippen LogP contribution in [0.2, 0.25) is 0 Å². The number of carbonyl (C=O) groups excluding carboxylic acids is 1. The Morgan fingerprint density at radius 1 is 1.10 bits per heavy atom. The zero-order valence-corrected chi connectivity index (χ0v) is 12.1. The molecule has 2 unspecified atom stereocenters. The zero-order chi connectivity index (χ0) is 13.5. The summed E-state index contributed by atoms with van der Waals surface area (Å²) >= 11 is 2.10. The van der Waals surface area contributed by atoms with Gasteiger partial charge in [0.1, 0.15) is 0 Å². The predicted molar refractivity (Wildman–Crippen MR) is 83.2 cm³/mol. The highest BCUT2D eigenvalue weighted by Gasteiger charge is 2.38. The van der Waals surface area contributed by atoms with Crippen LogP contribution < -0.4 is 0 Å². The summed E-state index contributed by atoms with van der Waals surface area (Å²) in [5.41, 5.74) is 1.69. The first-order valence-corrected chi connectivity index (χ1v) is 8.29. The minimum atomic E-state index is 0.210. The fourth-order valence-electron chi connectivity index (χ4n) is 3.59. The highest BCUT2D eigenvalue weighted by Crippen LogP contribution is 2.46. The number of thioether (sulfide) groups is 1. The van der Waals surface area contributed by atoms with Crippen molar-refractivity contribution in [1.29, 1.82) is 0 Å². The largest absolute Gasteiger partial charge is 0.294 e. The molecule has 2 aromatic rings. The molecule has 1 aromatic carbocycles. The van der Waals surface area contributed by atoms with Gasteiger partial charge in [0.25, 0.3) is 0 Å². The molecule has 0 amide bonds. The Kier molecular flexibility index (Phi) is 3.03. The molecular weight excluding hydrogens is 266 g/mol. The van der Waals surface area contributed by atoms with Crippen molar-refractivity contribution >= 4 is 28.4 Å². The summed E-state index contributed by atoms with van der Waals surface area (Å²) in [5.74, 6) is 0.521. The second-order valence-corrected chi connectivity index (χ2v) is 7.48. The van der Waals surface area contributed by atoms with Gasteiger partial charge in [-0.3, -0.25) is 9.78 Å². The van der Waals surface area contributed by atoms with Gasteiger partial charge in [0.05, 0.1) is 5.52 Å². The molecule has 0 saturated carbocycles. The lowest BCUT2D eigenvalue weighted by atomic mass is 9.89. The van der Waals surface area contributed by atoms with Crippen molar-refractivity contribution in [3.05, 3.63) is 42.1 Å². The van der Waals surface area contributed by atoms with Crippen LogP contribution in [0.4, 0.5) is 0 Å². The molecule has 2 bridgehead atoms. The Morgan fingerprint density at radius 2 is 1.85 bits per heavy atom. The summed E-state index contributed by atoms with van der Waals surface area (Å²) in [4.78, 5) is 17.3. The third kappa shape index (κ3) is 2.05. The number of fused-ring (bicyclic) bond motifs is 3. The maximum Gasteiger partial charge on any atom is 0.168 e. The minimum Gasteiger partial charge on any atom is -0.294 e. The number of nitrogens with zero attached hydrogens (tertiary/aromatic N) is 1. The molecule has 0 radical (unpaired) electrons. The lowest BCUT2D eigenvalue weighted by Crippen LogP contribution is -2.25. The summed E-state index contributed by atoms with van der Waals surface area (Å²) in [6.07, 6.45) is 6.49. The van der Waals surface area contributed by atoms with Crippen molar-refractivity contribution in [3.8, 4) is 0 Å². The summed E-state index contributed by atoms with van der Waals surface area (Å²) in [6, 6.07) is 9.90. The van der Waals surface area contributed by atoms with Crippen LogP contribution in [0.25, 0.3) is 10.9 Å². The van der Waals surface area contributed by atoms with Gasteiger partial charge in [-0.15, -0.1) is 0 Å². The number of Topliss-reactive ketones (excluding diaryl/α,β-unsaturated/α-hetero) is 1. The molecule has 0 N–H and O–H groups in total. The molecule has 2 atom stereocenters. The summed E-state index contributed by atoms with van der Waals surface area (Å²) < 4.78 is 0. The lowest BCUT2D eigenvalue weighted by molar-refractivity contribution is 0.0908. The fourth-order valence-corrected chi connectivity index (χ4v) is 5.37. The van der Waals surface area contributed by atoms with E-state index < -0.39 is 0 Å². The van der Waals surface area contributed by atoms with Gasteiger partial charge in [-0.2, -0.15) is 11.8 Å². The molecule has 3 heteroatoms. The maximum absolute atomic E-state index is 12.9. The van der Waals surface area contributed by atoms with E-state index in [0.717, 1.165) is 29.3 Å². The van der Waals surface area contributed by atoms with E-state index in [2.05, 4.69) is 16.7 Å². The Bertz CT molecular complexity index is 652. The standard InChI is InChI=1S/C17H17NOS/c19-17(12-9-13-6-7-14(10-12)20-13)15-5-1-3-11-4-2-8-18-16(11)15/h1-5,8,12-14H,6-7,9-10H2. The quantitative estimate of drug-likeness (QED) is 0.777. The van der Waals surface area contributed by atoms with Crippen LogP contribution >= 0.6 is 11.8 Å². The lowest BCUT2D eigenvalue weighted by Gasteiger charge is -2.26. The number of carbonyl (C=O) groups is 1. The number of hydrogen-bond donors (Lipinski definition) is 0. The van der Waals surface area contributed by atoms with Crippen LogP contribution in [0.1, 0.15) is 36.0 Å². The minimum absolute atomic E-state index is 0.210. The van der Waals surface area contributed by atoms with Gasteiger partial charge in [0.2, 0.25) is 0 Å². The van der Waals surface area contributed by atoms with Gasteiger partial charge in [0, 0.05) is 33.6 Å². The molecule has 4 rings (SSSR count). The maximum atomic E-state index is 12.9. The monoisotopic (exact) mass is 283 g/mol. The van der Waals surface area contributed by atoms with E-state index in [1.54, 1.807) is 6.20 Å². The van der Waals surface area contributed by atoms with Crippen molar-refractivity contribution in [2.45, 2.75) is 36.2 Å². The number of para-hydroxylation sites is 1. The highest BCUT2D eigenvalue weighted by molar-refractivity contribution is 8.00. The van der Waals surface area contributed by atoms with Gasteiger partial charge < -0.3 is 0 Å². The molecule has 0 aliphatic carbocycles. The van der Waals surface area contributed by atoms with Crippen LogP contribution in [0.3, 0.4) is 0 Å². The molecule has 2 aliphatic heterocycles. The van der Waals surface area contributed by atoms with E-state index >= 15 is 0 Å². The van der Waals surface area contributed by atoms with Crippen molar-refractivity contribution in [2.75, 3.05) is 0 Å². The van der Waals surface area contributed by atoms with Crippen LogP contribution in [0.15, 0.2) is 36.5 Å². The molecule has 2 fully saturated rings. The smallest absolute Gasteiger partial charge is 0.168 e. The number of pyridine rings is 1. The van der Waals surface area contributed by atoms with Gasteiger partial charge in [-0.25, -0.2) is 0 Å². The zero-order valence-electron chi connectivity index (χ0n) is 11.3. The van der Waals surface area contributed by atoms with Crippen LogP contribution in [0.5, 0.6) is 0 Å². The number of hydrogen-bond acceptors (Lipinski definition) is 3. The van der Waals surface area contributed by atoms with Crippen LogP contribution in [-0.4, -0.2) is 21.3 Å². The number of rotatable bonds is 2. The van der Waals surface area contributed by atoms with Gasteiger partial charge >= 0.3 is 0 Å². The average Bonchev–Trinajstić information content (AvgIpc) is 2.84. The molecule has 20 heavy (non-hydrogen) atoms. The van der Waals surface area contributed by atoms with Crippen LogP contribution in [0, 0.1) is 5.92 Å². The Hall–Kier alpha value is -1.35.